The van der Waals surface area contributed by atoms with Gasteiger partial charge < -0.3 is 10.2 Å². The van der Waals surface area contributed by atoms with Gasteiger partial charge in [-0.2, -0.15) is 4.31 Å². The van der Waals surface area contributed by atoms with Gasteiger partial charge in [-0.25, -0.2) is 12.8 Å². The van der Waals surface area contributed by atoms with E-state index in [1.807, 2.05) is 6.92 Å². The normalized spacial score (nSPS) is 16.2. The standard InChI is InChI=1S/C19H22FN3O3S/c1-2-22-10-12-23(13-11-22)27(25,26)16-7-5-6-15(14-16)19(24)21-18-9-4-3-8-17(18)20/h3-9,14H,2,10-13H2,1H3,(H,21,24). The molecule has 1 heterocycles. The predicted molar refractivity (Wildman–Crippen MR) is 102 cm³/mol. The third kappa shape index (κ3) is 4.35. The Morgan fingerprint density at radius 2 is 1.78 bits per heavy atom. The highest BCUT2D eigenvalue weighted by molar-refractivity contribution is 7.89. The number of piperazine rings is 1. The number of likely N-dealkylation sites (N-methyl/N-ethyl adjacent to an activating group) is 1. The fraction of sp³-hybridized carbons (Fsp3) is 0.316. The number of carbonyl (C=O) groups excluding carboxylic acids is 1. The van der Waals surface area contributed by atoms with E-state index in [1.165, 1.54) is 46.8 Å². The zero-order chi connectivity index (χ0) is 19.4. The topological polar surface area (TPSA) is 69.7 Å². The molecule has 1 saturated heterocycles. The van der Waals surface area contributed by atoms with E-state index in [0.717, 1.165) is 6.54 Å². The third-order valence-electron chi connectivity index (χ3n) is 4.63. The molecule has 0 aromatic heterocycles. The third-order valence-corrected chi connectivity index (χ3v) is 6.53. The summed E-state index contributed by atoms with van der Waals surface area (Å²) in [5, 5.41) is 2.47. The summed E-state index contributed by atoms with van der Waals surface area (Å²) in [5.41, 5.74) is 0.206. The van der Waals surface area contributed by atoms with E-state index in [2.05, 4.69) is 10.2 Å². The van der Waals surface area contributed by atoms with Gasteiger partial charge >= 0.3 is 0 Å². The number of rotatable bonds is 5. The zero-order valence-corrected chi connectivity index (χ0v) is 15.9. The first-order valence-corrected chi connectivity index (χ1v) is 10.2. The molecule has 8 heteroatoms. The van der Waals surface area contributed by atoms with Gasteiger partial charge in [0.25, 0.3) is 5.91 Å². The molecule has 3 rings (SSSR count). The molecule has 144 valence electrons. The predicted octanol–water partition coefficient (Wildman–Crippen LogP) is 2.40. The van der Waals surface area contributed by atoms with Gasteiger partial charge in [-0.05, 0) is 36.9 Å². The maximum absolute atomic E-state index is 13.7. The number of hydrogen-bond donors (Lipinski definition) is 1. The van der Waals surface area contributed by atoms with Crippen molar-refractivity contribution in [2.45, 2.75) is 11.8 Å². The Morgan fingerprint density at radius 1 is 1.07 bits per heavy atom. The largest absolute Gasteiger partial charge is 0.319 e. The van der Waals surface area contributed by atoms with Crippen LogP contribution in [0.25, 0.3) is 0 Å². The first-order valence-electron chi connectivity index (χ1n) is 8.80. The molecule has 0 atom stereocenters. The number of nitrogens with one attached hydrogen (secondary N) is 1. The summed E-state index contributed by atoms with van der Waals surface area (Å²) in [6.45, 7) is 5.14. The lowest BCUT2D eigenvalue weighted by Gasteiger charge is -2.33. The number of sulfonamides is 1. The molecule has 2 aromatic rings. The van der Waals surface area contributed by atoms with E-state index < -0.39 is 21.7 Å². The van der Waals surface area contributed by atoms with Gasteiger partial charge in [-0.3, -0.25) is 4.79 Å². The van der Waals surface area contributed by atoms with Gasteiger partial charge in [0.15, 0.2) is 0 Å². The number of carbonyl (C=O) groups is 1. The van der Waals surface area contributed by atoms with Crippen LogP contribution >= 0.6 is 0 Å². The van der Waals surface area contributed by atoms with Crippen LogP contribution in [0.2, 0.25) is 0 Å². The van der Waals surface area contributed by atoms with Crippen LogP contribution in [0.3, 0.4) is 0 Å². The summed E-state index contributed by atoms with van der Waals surface area (Å²) in [4.78, 5) is 14.7. The summed E-state index contributed by atoms with van der Waals surface area (Å²) in [5.74, 6) is -1.11. The fourth-order valence-electron chi connectivity index (χ4n) is 2.99. The number of para-hydroxylation sites is 1. The summed E-state index contributed by atoms with van der Waals surface area (Å²) in [6, 6.07) is 11.6. The van der Waals surface area contributed by atoms with Crippen molar-refractivity contribution in [2.75, 3.05) is 38.0 Å². The van der Waals surface area contributed by atoms with E-state index in [9.17, 15) is 17.6 Å². The van der Waals surface area contributed by atoms with Crippen molar-refractivity contribution in [3.05, 3.63) is 59.9 Å². The van der Waals surface area contributed by atoms with Crippen LogP contribution in [0.15, 0.2) is 53.4 Å². The summed E-state index contributed by atoms with van der Waals surface area (Å²) >= 11 is 0. The van der Waals surface area contributed by atoms with E-state index in [0.29, 0.717) is 26.2 Å². The maximum Gasteiger partial charge on any atom is 0.255 e. The fourth-order valence-corrected chi connectivity index (χ4v) is 4.46. The quantitative estimate of drug-likeness (QED) is 0.850. The highest BCUT2D eigenvalue weighted by atomic mass is 32.2. The van der Waals surface area contributed by atoms with Crippen molar-refractivity contribution in [3.63, 3.8) is 0 Å². The van der Waals surface area contributed by atoms with Crippen LogP contribution in [0.5, 0.6) is 0 Å². The van der Waals surface area contributed by atoms with Crippen molar-refractivity contribution >= 4 is 21.6 Å². The van der Waals surface area contributed by atoms with Gasteiger partial charge in [0, 0.05) is 31.7 Å². The van der Waals surface area contributed by atoms with Crippen LogP contribution in [-0.4, -0.2) is 56.3 Å². The molecule has 0 bridgehead atoms. The molecule has 0 unspecified atom stereocenters. The Bertz CT molecular complexity index is 925. The number of hydrogen-bond acceptors (Lipinski definition) is 4. The van der Waals surface area contributed by atoms with Crippen molar-refractivity contribution in [2.24, 2.45) is 0 Å². The molecule has 27 heavy (non-hydrogen) atoms. The molecular formula is C19H22FN3O3S. The number of anilines is 1. The lowest BCUT2D eigenvalue weighted by Crippen LogP contribution is -2.48. The minimum atomic E-state index is -3.68. The van der Waals surface area contributed by atoms with E-state index >= 15 is 0 Å². The molecule has 1 fully saturated rings. The van der Waals surface area contributed by atoms with Gasteiger partial charge in [0.2, 0.25) is 10.0 Å². The smallest absolute Gasteiger partial charge is 0.255 e. The Morgan fingerprint density at radius 3 is 2.44 bits per heavy atom. The van der Waals surface area contributed by atoms with Crippen LogP contribution in [-0.2, 0) is 10.0 Å². The number of amides is 1. The average Bonchev–Trinajstić information content (AvgIpc) is 2.70. The molecule has 0 spiro atoms. The molecule has 2 aromatic carbocycles. The Balaban J connectivity index is 1.78. The molecule has 0 aliphatic carbocycles. The Hall–Kier alpha value is -2.29. The second-order valence-electron chi connectivity index (χ2n) is 6.30. The second kappa shape index (κ2) is 8.16. The molecule has 1 N–H and O–H groups in total. The minimum absolute atomic E-state index is 0.0476. The van der Waals surface area contributed by atoms with Gasteiger partial charge in [-0.15, -0.1) is 0 Å². The average molecular weight is 391 g/mol. The molecule has 1 aliphatic rings. The number of nitrogens with zero attached hydrogens (tertiary/aromatic N) is 2. The van der Waals surface area contributed by atoms with Gasteiger partial charge in [-0.1, -0.05) is 25.1 Å². The van der Waals surface area contributed by atoms with Crippen LogP contribution in [0.4, 0.5) is 10.1 Å². The molecule has 0 saturated carbocycles. The number of benzene rings is 2. The van der Waals surface area contributed by atoms with Gasteiger partial charge in [0.05, 0.1) is 10.6 Å². The van der Waals surface area contributed by atoms with Crippen molar-refractivity contribution in [3.8, 4) is 0 Å². The lowest BCUT2D eigenvalue weighted by atomic mass is 10.2. The Kier molecular flexibility index (Phi) is 5.88. The van der Waals surface area contributed by atoms with Crippen LogP contribution in [0, 0.1) is 5.82 Å². The summed E-state index contributed by atoms with van der Waals surface area (Å²) in [6.07, 6.45) is 0. The van der Waals surface area contributed by atoms with E-state index in [4.69, 9.17) is 0 Å². The highest BCUT2D eigenvalue weighted by Gasteiger charge is 2.28. The van der Waals surface area contributed by atoms with E-state index in [-0.39, 0.29) is 16.1 Å². The SMILES string of the molecule is CCN1CCN(S(=O)(=O)c2cccc(C(=O)Nc3ccccc3F)c2)CC1. The molecule has 1 aliphatic heterocycles. The molecular weight excluding hydrogens is 369 g/mol. The van der Waals surface area contributed by atoms with Crippen molar-refractivity contribution in [1.29, 1.82) is 0 Å². The Labute approximate surface area is 158 Å². The first kappa shape index (κ1) is 19.5. The monoisotopic (exact) mass is 391 g/mol. The summed E-state index contributed by atoms with van der Waals surface area (Å²) < 4.78 is 40.9. The molecule has 1 amide bonds. The van der Waals surface area contributed by atoms with Crippen LogP contribution in [0.1, 0.15) is 17.3 Å². The molecule has 6 nitrogen and oxygen atoms in total. The summed E-state index contributed by atoms with van der Waals surface area (Å²) in [7, 11) is -3.68. The lowest BCUT2D eigenvalue weighted by molar-refractivity contribution is 0.102. The number of halogens is 1. The second-order valence-corrected chi connectivity index (χ2v) is 8.24. The highest BCUT2D eigenvalue weighted by Crippen LogP contribution is 2.20. The zero-order valence-electron chi connectivity index (χ0n) is 15.1. The first-order chi connectivity index (χ1) is 12.9. The van der Waals surface area contributed by atoms with Crippen molar-refractivity contribution in [1.82, 2.24) is 9.21 Å². The minimum Gasteiger partial charge on any atom is -0.319 e. The molecule has 0 radical (unpaired) electrons. The van der Waals surface area contributed by atoms with Crippen molar-refractivity contribution < 1.29 is 17.6 Å². The van der Waals surface area contributed by atoms with Gasteiger partial charge in [0.1, 0.15) is 5.82 Å². The van der Waals surface area contributed by atoms with E-state index in [1.54, 1.807) is 6.07 Å². The maximum atomic E-state index is 13.7. The van der Waals surface area contributed by atoms with Crippen LogP contribution < -0.4 is 5.32 Å².